The number of ether oxygens (including phenoxy) is 1. The van der Waals surface area contributed by atoms with Crippen LogP contribution >= 0.6 is 0 Å². The Balaban J connectivity index is 2.59. The van der Waals surface area contributed by atoms with Gasteiger partial charge >= 0.3 is 0 Å². The van der Waals surface area contributed by atoms with Gasteiger partial charge in [0.2, 0.25) is 0 Å². The maximum Gasteiger partial charge on any atom is 0.143 e. The van der Waals surface area contributed by atoms with E-state index in [4.69, 9.17) is 10.5 Å². The first-order valence-electron chi connectivity index (χ1n) is 5.43. The molecule has 86 valence electrons. The molecule has 0 saturated carbocycles. The van der Waals surface area contributed by atoms with Crippen molar-refractivity contribution in [1.82, 2.24) is 9.55 Å². The zero-order valence-electron chi connectivity index (χ0n) is 9.90. The highest BCUT2D eigenvalue weighted by atomic mass is 16.5. The number of pyridine rings is 1. The van der Waals surface area contributed by atoms with Gasteiger partial charge < -0.3 is 15.0 Å². The van der Waals surface area contributed by atoms with Gasteiger partial charge in [-0.1, -0.05) is 0 Å². The monoisotopic (exact) mass is 219 g/mol. The number of aromatic nitrogens is 2. The SMILES string of the molecule is CC(C)Oc1ccnc2c1cc(CN)n2C. The quantitative estimate of drug-likeness (QED) is 0.856. The average molecular weight is 219 g/mol. The number of hydrogen-bond donors (Lipinski definition) is 1. The van der Waals surface area contributed by atoms with Gasteiger partial charge in [-0.2, -0.15) is 0 Å². The van der Waals surface area contributed by atoms with E-state index in [2.05, 4.69) is 4.98 Å². The summed E-state index contributed by atoms with van der Waals surface area (Å²) >= 11 is 0. The Hall–Kier alpha value is -1.55. The van der Waals surface area contributed by atoms with Gasteiger partial charge in [-0.15, -0.1) is 0 Å². The van der Waals surface area contributed by atoms with Crippen LogP contribution in [0.3, 0.4) is 0 Å². The Bertz CT molecular complexity index is 502. The predicted octanol–water partition coefficient (Wildman–Crippen LogP) is 1.82. The standard InChI is InChI=1S/C12H17N3O/c1-8(2)16-11-4-5-14-12-10(11)6-9(7-13)15(12)3/h4-6,8H,7,13H2,1-3H3. The molecular formula is C12H17N3O. The molecule has 0 radical (unpaired) electrons. The molecule has 16 heavy (non-hydrogen) atoms. The number of nitrogens with two attached hydrogens (primary N) is 1. The van der Waals surface area contributed by atoms with E-state index < -0.39 is 0 Å². The molecule has 4 nitrogen and oxygen atoms in total. The molecule has 0 aliphatic rings. The van der Waals surface area contributed by atoms with Gasteiger partial charge in [-0.3, -0.25) is 0 Å². The maximum absolute atomic E-state index is 5.75. The number of fused-ring (bicyclic) bond motifs is 1. The second kappa shape index (κ2) is 4.14. The number of hydrogen-bond acceptors (Lipinski definition) is 3. The van der Waals surface area contributed by atoms with Crippen LogP contribution in [0.2, 0.25) is 0 Å². The van der Waals surface area contributed by atoms with E-state index in [1.54, 1.807) is 6.20 Å². The molecule has 2 heterocycles. The lowest BCUT2D eigenvalue weighted by Gasteiger charge is -2.10. The van der Waals surface area contributed by atoms with Gasteiger partial charge in [0.25, 0.3) is 0 Å². The third-order valence-electron chi connectivity index (χ3n) is 2.56. The van der Waals surface area contributed by atoms with Crippen LogP contribution in [0.4, 0.5) is 0 Å². The van der Waals surface area contributed by atoms with Gasteiger partial charge in [0.1, 0.15) is 11.4 Å². The minimum atomic E-state index is 0.159. The highest BCUT2D eigenvalue weighted by molar-refractivity contribution is 5.84. The van der Waals surface area contributed by atoms with Crippen molar-refractivity contribution in [1.29, 1.82) is 0 Å². The van der Waals surface area contributed by atoms with E-state index >= 15 is 0 Å². The van der Waals surface area contributed by atoms with Gasteiger partial charge in [0, 0.05) is 25.5 Å². The Morgan fingerprint density at radius 2 is 2.25 bits per heavy atom. The Morgan fingerprint density at radius 1 is 1.50 bits per heavy atom. The fourth-order valence-corrected chi connectivity index (χ4v) is 1.80. The summed E-state index contributed by atoms with van der Waals surface area (Å²) in [6.45, 7) is 4.53. The van der Waals surface area contributed by atoms with E-state index in [-0.39, 0.29) is 6.10 Å². The first-order chi connectivity index (χ1) is 7.63. The third kappa shape index (κ3) is 1.76. The second-order valence-electron chi connectivity index (χ2n) is 4.11. The highest BCUT2D eigenvalue weighted by Gasteiger charge is 2.10. The van der Waals surface area contributed by atoms with E-state index in [0.717, 1.165) is 22.5 Å². The molecule has 0 fully saturated rings. The second-order valence-corrected chi connectivity index (χ2v) is 4.11. The van der Waals surface area contributed by atoms with Gasteiger partial charge in [0.15, 0.2) is 0 Å². The maximum atomic E-state index is 5.75. The van der Waals surface area contributed by atoms with Crippen LogP contribution in [0.1, 0.15) is 19.5 Å². The van der Waals surface area contributed by atoms with Crippen molar-refractivity contribution in [3.8, 4) is 5.75 Å². The van der Waals surface area contributed by atoms with Crippen LogP contribution in [0, 0.1) is 0 Å². The lowest BCUT2D eigenvalue weighted by Crippen LogP contribution is -2.06. The fraction of sp³-hybridized carbons (Fsp3) is 0.417. The highest BCUT2D eigenvalue weighted by Crippen LogP contribution is 2.27. The van der Waals surface area contributed by atoms with E-state index in [1.807, 2.05) is 37.6 Å². The van der Waals surface area contributed by atoms with Gasteiger partial charge in [0.05, 0.1) is 11.5 Å². The lowest BCUT2D eigenvalue weighted by molar-refractivity contribution is 0.245. The van der Waals surface area contributed by atoms with Crippen molar-refractivity contribution in [2.45, 2.75) is 26.5 Å². The van der Waals surface area contributed by atoms with Crippen LogP contribution < -0.4 is 10.5 Å². The van der Waals surface area contributed by atoms with Gasteiger partial charge in [-0.05, 0) is 26.0 Å². The summed E-state index contributed by atoms with van der Waals surface area (Å²) in [5.74, 6) is 0.871. The molecule has 0 bridgehead atoms. The largest absolute Gasteiger partial charge is 0.490 e. The summed E-state index contributed by atoms with van der Waals surface area (Å²) in [6, 6.07) is 3.93. The Morgan fingerprint density at radius 3 is 2.88 bits per heavy atom. The lowest BCUT2D eigenvalue weighted by atomic mass is 10.3. The van der Waals surface area contributed by atoms with Gasteiger partial charge in [-0.25, -0.2) is 4.98 Å². The summed E-state index contributed by atoms with van der Waals surface area (Å²) < 4.78 is 7.75. The van der Waals surface area contributed by atoms with Crippen molar-refractivity contribution in [3.63, 3.8) is 0 Å². The van der Waals surface area contributed by atoms with E-state index in [1.165, 1.54) is 0 Å². The normalized spacial score (nSPS) is 11.3. The Labute approximate surface area is 95.0 Å². The molecule has 0 unspecified atom stereocenters. The molecule has 0 aliphatic heterocycles. The minimum Gasteiger partial charge on any atom is -0.490 e. The first-order valence-corrected chi connectivity index (χ1v) is 5.43. The number of aryl methyl sites for hydroxylation is 1. The summed E-state index contributed by atoms with van der Waals surface area (Å²) in [7, 11) is 1.97. The smallest absolute Gasteiger partial charge is 0.143 e. The van der Waals surface area contributed by atoms with Crippen molar-refractivity contribution in [2.24, 2.45) is 12.8 Å². The predicted molar refractivity (Wildman–Crippen MR) is 64.4 cm³/mol. The zero-order valence-corrected chi connectivity index (χ0v) is 9.90. The molecule has 2 aromatic rings. The van der Waals surface area contributed by atoms with Crippen molar-refractivity contribution in [2.75, 3.05) is 0 Å². The van der Waals surface area contributed by atoms with Crippen molar-refractivity contribution < 1.29 is 4.74 Å². The van der Waals surface area contributed by atoms with Crippen LogP contribution in [-0.2, 0) is 13.6 Å². The summed E-state index contributed by atoms with van der Waals surface area (Å²) in [5.41, 5.74) is 7.65. The molecule has 0 spiro atoms. The molecule has 0 aromatic carbocycles. The molecular weight excluding hydrogens is 202 g/mol. The molecule has 2 rings (SSSR count). The van der Waals surface area contributed by atoms with Crippen molar-refractivity contribution >= 4 is 11.0 Å². The van der Waals surface area contributed by atoms with Crippen LogP contribution in [0.25, 0.3) is 11.0 Å². The molecule has 2 aromatic heterocycles. The number of rotatable bonds is 3. The van der Waals surface area contributed by atoms with Crippen LogP contribution in [0.5, 0.6) is 5.75 Å². The number of nitrogens with zero attached hydrogens (tertiary/aromatic N) is 2. The molecule has 0 aliphatic carbocycles. The molecule has 2 N–H and O–H groups in total. The first kappa shape index (κ1) is 11.0. The minimum absolute atomic E-state index is 0.159. The molecule has 4 heteroatoms. The molecule has 0 amide bonds. The summed E-state index contributed by atoms with van der Waals surface area (Å²) in [4.78, 5) is 4.34. The topological polar surface area (TPSA) is 53.1 Å². The summed E-state index contributed by atoms with van der Waals surface area (Å²) in [6.07, 6.45) is 1.92. The Kier molecular flexibility index (Phi) is 2.83. The van der Waals surface area contributed by atoms with Crippen LogP contribution in [-0.4, -0.2) is 15.7 Å². The molecule has 0 atom stereocenters. The third-order valence-corrected chi connectivity index (χ3v) is 2.56. The van der Waals surface area contributed by atoms with E-state index in [0.29, 0.717) is 6.54 Å². The van der Waals surface area contributed by atoms with Crippen molar-refractivity contribution in [3.05, 3.63) is 24.0 Å². The van der Waals surface area contributed by atoms with Crippen LogP contribution in [0.15, 0.2) is 18.3 Å². The average Bonchev–Trinajstić information content (AvgIpc) is 2.56. The molecule has 0 saturated heterocycles. The van der Waals surface area contributed by atoms with E-state index in [9.17, 15) is 0 Å². The fourth-order valence-electron chi connectivity index (χ4n) is 1.80. The zero-order chi connectivity index (χ0) is 11.7. The summed E-state index contributed by atoms with van der Waals surface area (Å²) in [5, 5.41) is 1.03.